The Bertz CT molecular complexity index is 372. The number of guanidine groups is 1. The molecule has 96 valence electrons. The lowest BCUT2D eigenvalue weighted by atomic mass is 10.2. The molecule has 0 spiro atoms. The predicted molar refractivity (Wildman–Crippen MR) is 72.8 cm³/mol. The van der Waals surface area contributed by atoms with Gasteiger partial charge in [0.05, 0.1) is 17.2 Å². The predicted octanol–water partition coefficient (Wildman–Crippen LogP) is 1.36. The Morgan fingerprint density at radius 3 is 2.82 bits per heavy atom. The molecular weight excluding hydrogens is 234 g/mol. The number of aliphatic imine (C=N–C) groups is 1. The number of hydrazine groups is 1. The van der Waals surface area contributed by atoms with Crippen molar-refractivity contribution in [1.82, 2.24) is 15.3 Å². The van der Waals surface area contributed by atoms with Crippen molar-refractivity contribution in [3.05, 3.63) is 16.1 Å². The number of nitrogens with two attached hydrogens (primary N) is 1. The highest BCUT2D eigenvalue weighted by Gasteiger charge is 2.08. The average Bonchev–Trinajstić information content (AvgIpc) is 2.64. The molecule has 1 rings (SSSR count). The van der Waals surface area contributed by atoms with Gasteiger partial charge in [-0.3, -0.25) is 10.4 Å². The molecule has 0 aliphatic rings. The number of rotatable bonds is 4. The Kier molecular flexibility index (Phi) is 5.37. The van der Waals surface area contributed by atoms with E-state index in [2.05, 4.69) is 34.6 Å². The number of nitrogens with one attached hydrogen (secondary N) is 1. The van der Waals surface area contributed by atoms with Gasteiger partial charge in [0.15, 0.2) is 0 Å². The van der Waals surface area contributed by atoms with Crippen molar-refractivity contribution in [2.45, 2.75) is 27.3 Å². The summed E-state index contributed by atoms with van der Waals surface area (Å²) in [6, 6.07) is 0. The Morgan fingerprint density at radius 2 is 2.35 bits per heavy atom. The van der Waals surface area contributed by atoms with Crippen molar-refractivity contribution in [3.63, 3.8) is 0 Å². The third kappa shape index (κ3) is 4.70. The quantitative estimate of drug-likeness (QED) is 0.369. The van der Waals surface area contributed by atoms with Gasteiger partial charge in [0.2, 0.25) is 5.96 Å². The van der Waals surface area contributed by atoms with Crippen molar-refractivity contribution in [2.24, 2.45) is 16.8 Å². The highest BCUT2D eigenvalue weighted by Crippen LogP contribution is 2.09. The van der Waals surface area contributed by atoms with Gasteiger partial charge in [0.25, 0.3) is 0 Å². The first kappa shape index (κ1) is 13.9. The molecule has 6 heteroatoms. The maximum atomic E-state index is 5.48. The van der Waals surface area contributed by atoms with Crippen LogP contribution in [0.1, 0.15) is 24.5 Å². The summed E-state index contributed by atoms with van der Waals surface area (Å²) >= 11 is 1.65. The van der Waals surface area contributed by atoms with Gasteiger partial charge in [-0.25, -0.2) is 10.8 Å². The third-order valence-electron chi connectivity index (χ3n) is 2.16. The highest BCUT2D eigenvalue weighted by molar-refractivity contribution is 7.09. The minimum Gasteiger partial charge on any atom is -0.339 e. The second-order valence-corrected chi connectivity index (χ2v) is 5.48. The number of hydrogen-bond acceptors (Lipinski definition) is 4. The van der Waals surface area contributed by atoms with Crippen LogP contribution >= 0.6 is 11.3 Å². The molecule has 17 heavy (non-hydrogen) atoms. The molecule has 0 bridgehead atoms. The maximum Gasteiger partial charge on any atom is 0.208 e. The Labute approximate surface area is 107 Å². The Hall–Kier alpha value is -1.14. The molecule has 0 unspecified atom stereocenters. The van der Waals surface area contributed by atoms with Crippen LogP contribution in [-0.4, -0.2) is 29.4 Å². The summed E-state index contributed by atoms with van der Waals surface area (Å²) < 4.78 is 0. The minimum absolute atomic E-state index is 0.522. The first-order valence-electron chi connectivity index (χ1n) is 5.66. The molecule has 1 heterocycles. The van der Waals surface area contributed by atoms with Crippen LogP contribution in [0, 0.1) is 12.8 Å². The molecule has 0 aliphatic heterocycles. The number of hydrogen-bond donors (Lipinski definition) is 2. The number of nitrogens with zero attached hydrogens (tertiary/aromatic N) is 3. The zero-order valence-electron chi connectivity index (χ0n) is 10.9. The topological polar surface area (TPSA) is 66.5 Å². The van der Waals surface area contributed by atoms with E-state index in [1.165, 1.54) is 0 Å². The lowest BCUT2D eigenvalue weighted by molar-refractivity contribution is 0.468. The van der Waals surface area contributed by atoms with Crippen LogP contribution in [0.2, 0.25) is 0 Å². The molecule has 0 amide bonds. The Morgan fingerprint density at radius 1 is 1.65 bits per heavy atom. The van der Waals surface area contributed by atoms with Crippen LogP contribution in [0.15, 0.2) is 10.4 Å². The van der Waals surface area contributed by atoms with Gasteiger partial charge in [-0.1, -0.05) is 13.8 Å². The van der Waals surface area contributed by atoms with Crippen LogP contribution in [0.4, 0.5) is 0 Å². The first-order chi connectivity index (χ1) is 8.02. The van der Waals surface area contributed by atoms with Gasteiger partial charge in [0, 0.05) is 19.0 Å². The van der Waals surface area contributed by atoms with Crippen molar-refractivity contribution in [3.8, 4) is 0 Å². The average molecular weight is 255 g/mol. The molecule has 1 aromatic heterocycles. The fourth-order valence-electron chi connectivity index (χ4n) is 1.34. The van der Waals surface area contributed by atoms with E-state index >= 15 is 0 Å². The van der Waals surface area contributed by atoms with Gasteiger partial charge >= 0.3 is 0 Å². The standard InChI is InChI=1S/C11H21N5S/c1-8(2)5-13-11(15-12)16(4)6-10-7-17-9(3)14-10/h7-8H,5-6,12H2,1-4H3,(H,13,15). The smallest absolute Gasteiger partial charge is 0.208 e. The van der Waals surface area contributed by atoms with Crippen LogP contribution in [0.3, 0.4) is 0 Å². The van der Waals surface area contributed by atoms with Crippen molar-refractivity contribution in [1.29, 1.82) is 0 Å². The molecule has 0 aromatic carbocycles. The van der Waals surface area contributed by atoms with E-state index in [0.717, 1.165) is 17.2 Å². The van der Waals surface area contributed by atoms with E-state index in [1.54, 1.807) is 11.3 Å². The van der Waals surface area contributed by atoms with Crippen molar-refractivity contribution >= 4 is 17.3 Å². The fourth-order valence-corrected chi connectivity index (χ4v) is 1.95. The van der Waals surface area contributed by atoms with Crippen LogP contribution in [0.25, 0.3) is 0 Å². The molecular formula is C11H21N5S. The second kappa shape index (κ2) is 6.56. The first-order valence-corrected chi connectivity index (χ1v) is 6.54. The van der Waals surface area contributed by atoms with E-state index in [1.807, 2.05) is 18.9 Å². The molecule has 1 aromatic rings. The number of aromatic nitrogens is 1. The lowest BCUT2D eigenvalue weighted by Crippen LogP contribution is -2.42. The third-order valence-corrected chi connectivity index (χ3v) is 2.98. The van der Waals surface area contributed by atoms with Crippen LogP contribution in [-0.2, 0) is 6.54 Å². The molecule has 0 radical (unpaired) electrons. The van der Waals surface area contributed by atoms with Crippen molar-refractivity contribution < 1.29 is 0 Å². The zero-order valence-corrected chi connectivity index (χ0v) is 11.7. The fraction of sp³-hybridized carbons (Fsp3) is 0.636. The molecule has 0 atom stereocenters. The van der Waals surface area contributed by atoms with Gasteiger partial charge in [-0.15, -0.1) is 11.3 Å². The van der Waals surface area contributed by atoms with E-state index in [-0.39, 0.29) is 0 Å². The minimum atomic E-state index is 0.522. The lowest BCUT2D eigenvalue weighted by Gasteiger charge is -2.19. The summed E-state index contributed by atoms with van der Waals surface area (Å²) in [5.74, 6) is 6.70. The SMILES string of the molecule is Cc1nc(CN(C)C(=NCC(C)C)NN)cs1. The number of thiazole rings is 1. The summed E-state index contributed by atoms with van der Waals surface area (Å²) in [6.45, 7) is 7.73. The van der Waals surface area contributed by atoms with Gasteiger partial charge in [-0.2, -0.15) is 0 Å². The Balaban J connectivity index is 2.60. The summed E-state index contributed by atoms with van der Waals surface area (Å²) in [4.78, 5) is 10.8. The summed E-state index contributed by atoms with van der Waals surface area (Å²) in [5, 5.41) is 3.14. The molecule has 0 saturated carbocycles. The van der Waals surface area contributed by atoms with Gasteiger partial charge < -0.3 is 4.90 Å². The van der Waals surface area contributed by atoms with Crippen molar-refractivity contribution in [2.75, 3.05) is 13.6 Å². The zero-order chi connectivity index (χ0) is 12.8. The van der Waals surface area contributed by atoms with Gasteiger partial charge in [-0.05, 0) is 12.8 Å². The van der Waals surface area contributed by atoms with E-state index < -0.39 is 0 Å². The molecule has 0 fully saturated rings. The number of aryl methyl sites for hydroxylation is 1. The van der Waals surface area contributed by atoms with E-state index in [9.17, 15) is 0 Å². The summed E-state index contributed by atoms with van der Waals surface area (Å²) in [5.41, 5.74) is 3.68. The maximum absolute atomic E-state index is 5.48. The monoisotopic (exact) mass is 255 g/mol. The largest absolute Gasteiger partial charge is 0.339 e. The highest BCUT2D eigenvalue weighted by atomic mass is 32.1. The summed E-state index contributed by atoms with van der Waals surface area (Å²) in [7, 11) is 1.95. The summed E-state index contributed by atoms with van der Waals surface area (Å²) in [6.07, 6.45) is 0. The van der Waals surface area contributed by atoms with Crippen LogP contribution < -0.4 is 11.3 Å². The molecule has 5 nitrogen and oxygen atoms in total. The van der Waals surface area contributed by atoms with Gasteiger partial charge in [0.1, 0.15) is 0 Å². The molecule has 3 N–H and O–H groups in total. The normalized spacial score (nSPS) is 12.0. The van der Waals surface area contributed by atoms with Crippen LogP contribution in [0.5, 0.6) is 0 Å². The van der Waals surface area contributed by atoms with E-state index in [0.29, 0.717) is 18.4 Å². The molecule has 0 aliphatic carbocycles. The van der Waals surface area contributed by atoms with E-state index in [4.69, 9.17) is 5.84 Å². The molecule has 0 saturated heterocycles. The second-order valence-electron chi connectivity index (χ2n) is 4.42.